The number of hydrogen-bond acceptors (Lipinski definition) is 4. The third-order valence-electron chi connectivity index (χ3n) is 4.33. The average molecular weight is 506 g/mol. The highest BCUT2D eigenvalue weighted by molar-refractivity contribution is 9.10. The van der Waals surface area contributed by atoms with Gasteiger partial charge in [0.25, 0.3) is 5.91 Å². The van der Waals surface area contributed by atoms with Crippen molar-refractivity contribution in [1.29, 1.82) is 0 Å². The molecule has 0 bridgehead atoms. The lowest BCUT2D eigenvalue weighted by atomic mass is 10.2. The maximum atomic E-state index is 12.3. The summed E-state index contributed by atoms with van der Waals surface area (Å²) in [6.07, 6.45) is 0. The lowest BCUT2D eigenvalue weighted by Crippen LogP contribution is -2.20. The third-order valence-corrected chi connectivity index (χ3v) is 5.38. The van der Waals surface area contributed by atoms with E-state index >= 15 is 0 Å². The number of benzene rings is 3. The Balaban J connectivity index is 1.48. The first-order valence-corrected chi connectivity index (χ1v) is 10.5. The Bertz CT molecular complexity index is 1260. The van der Waals surface area contributed by atoms with Crippen LogP contribution in [0.25, 0.3) is 22.6 Å². The Kier molecular flexibility index (Phi) is 5.99. The number of nitrogens with zero attached hydrogens (tertiary/aromatic N) is 1. The third kappa shape index (κ3) is 4.61. The molecule has 0 aliphatic rings. The van der Waals surface area contributed by atoms with Gasteiger partial charge in [-0.3, -0.25) is 4.79 Å². The van der Waals surface area contributed by atoms with Crippen LogP contribution in [0.2, 0.25) is 10.0 Å². The molecule has 1 amide bonds. The predicted molar refractivity (Wildman–Crippen MR) is 122 cm³/mol. The highest BCUT2D eigenvalue weighted by Gasteiger charge is 2.13. The minimum absolute atomic E-state index is 0.127. The Morgan fingerprint density at radius 2 is 1.97 bits per heavy atom. The molecule has 0 unspecified atom stereocenters. The first kappa shape index (κ1) is 20.7. The lowest BCUT2D eigenvalue weighted by Gasteiger charge is -2.09. The lowest BCUT2D eigenvalue weighted by molar-refractivity contribution is -0.118. The number of carbonyl (C=O) groups is 1. The second kappa shape index (κ2) is 8.68. The molecule has 0 aliphatic carbocycles. The number of fused-ring (bicyclic) bond motifs is 1. The average Bonchev–Trinajstić information content (AvgIpc) is 3.12. The summed E-state index contributed by atoms with van der Waals surface area (Å²) in [5.41, 5.74) is 3.32. The van der Waals surface area contributed by atoms with Gasteiger partial charge in [0.15, 0.2) is 12.2 Å². The fraction of sp³-hybridized carbons (Fsp3) is 0.0909. The van der Waals surface area contributed by atoms with Crippen LogP contribution in [0.4, 0.5) is 5.69 Å². The molecule has 4 aromatic rings. The van der Waals surface area contributed by atoms with Gasteiger partial charge in [-0.15, -0.1) is 0 Å². The van der Waals surface area contributed by atoms with Crippen molar-refractivity contribution in [3.8, 4) is 17.2 Å². The van der Waals surface area contributed by atoms with E-state index in [4.69, 9.17) is 32.4 Å². The van der Waals surface area contributed by atoms with Gasteiger partial charge in [-0.25, -0.2) is 4.98 Å². The molecule has 30 heavy (non-hydrogen) atoms. The van der Waals surface area contributed by atoms with Crippen LogP contribution < -0.4 is 10.1 Å². The van der Waals surface area contributed by atoms with Crippen LogP contribution in [0.5, 0.6) is 5.75 Å². The van der Waals surface area contributed by atoms with Crippen LogP contribution in [0.15, 0.2) is 63.5 Å². The van der Waals surface area contributed by atoms with E-state index in [1.54, 1.807) is 42.5 Å². The molecule has 0 saturated carbocycles. The number of ether oxygens (including phenoxy) is 1. The van der Waals surface area contributed by atoms with Gasteiger partial charge in [-0.1, -0.05) is 39.1 Å². The normalized spacial score (nSPS) is 10.9. The van der Waals surface area contributed by atoms with Gasteiger partial charge in [0.1, 0.15) is 11.3 Å². The molecule has 5 nitrogen and oxygen atoms in total. The summed E-state index contributed by atoms with van der Waals surface area (Å²) in [6.45, 7) is 1.74. The predicted octanol–water partition coefficient (Wildman–Crippen LogP) is 6.89. The zero-order valence-corrected chi connectivity index (χ0v) is 18.8. The fourth-order valence-electron chi connectivity index (χ4n) is 2.90. The number of halogens is 3. The molecule has 0 fully saturated rings. The van der Waals surface area contributed by atoms with Gasteiger partial charge in [0, 0.05) is 15.2 Å². The van der Waals surface area contributed by atoms with E-state index in [9.17, 15) is 4.79 Å². The first-order valence-electron chi connectivity index (χ1n) is 8.94. The number of carbonyl (C=O) groups excluding carboxylic acids is 1. The first-order chi connectivity index (χ1) is 14.4. The van der Waals surface area contributed by atoms with Crippen LogP contribution in [0, 0.1) is 6.92 Å². The molecular formula is C22H15BrCl2N2O3. The van der Waals surface area contributed by atoms with Crippen molar-refractivity contribution < 1.29 is 13.9 Å². The number of amides is 1. The molecule has 4 rings (SSSR count). The minimum atomic E-state index is -0.289. The van der Waals surface area contributed by atoms with E-state index < -0.39 is 0 Å². The number of rotatable bonds is 5. The standard InChI is InChI=1S/C22H15BrCl2N2O3/c1-12-8-14(24)3-6-19(12)29-11-21(28)26-15-4-7-20-18(10-15)27-22(30-20)16-9-13(23)2-5-17(16)25/h2-10H,11H2,1H3,(H,26,28). The molecule has 1 N–H and O–H groups in total. The summed E-state index contributed by atoms with van der Waals surface area (Å²) in [5, 5.41) is 3.95. The Labute approximate surface area is 191 Å². The van der Waals surface area contributed by atoms with E-state index in [-0.39, 0.29) is 12.5 Å². The summed E-state index contributed by atoms with van der Waals surface area (Å²) in [7, 11) is 0. The molecular weight excluding hydrogens is 491 g/mol. The van der Waals surface area contributed by atoms with E-state index in [0.29, 0.717) is 44.0 Å². The number of aryl methyl sites for hydroxylation is 1. The number of anilines is 1. The van der Waals surface area contributed by atoms with Crippen molar-refractivity contribution in [2.45, 2.75) is 6.92 Å². The number of nitrogens with one attached hydrogen (secondary N) is 1. The van der Waals surface area contributed by atoms with Crippen molar-refractivity contribution in [1.82, 2.24) is 4.98 Å². The van der Waals surface area contributed by atoms with Gasteiger partial charge in [0.2, 0.25) is 5.89 Å². The molecule has 3 aromatic carbocycles. The number of oxazole rings is 1. The maximum absolute atomic E-state index is 12.3. The summed E-state index contributed by atoms with van der Waals surface area (Å²) in [6, 6.07) is 15.9. The van der Waals surface area contributed by atoms with Crippen molar-refractivity contribution >= 4 is 61.8 Å². The summed E-state index contributed by atoms with van der Waals surface area (Å²) in [4.78, 5) is 16.8. The van der Waals surface area contributed by atoms with E-state index in [1.807, 2.05) is 19.1 Å². The number of aromatic nitrogens is 1. The molecule has 0 radical (unpaired) electrons. The number of hydrogen-bond donors (Lipinski definition) is 1. The molecule has 0 saturated heterocycles. The summed E-state index contributed by atoms with van der Waals surface area (Å²) < 4.78 is 12.3. The van der Waals surface area contributed by atoms with Crippen LogP contribution in [-0.2, 0) is 4.79 Å². The van der Waals surface area contributed by atoms with E-state index in [0.717, 1.165) is 10.0 Å². The van der Waals surface area contributed by atoms with Crippen LogP contribution in [0.3, 0.4) is 0 Å². The smallest absolute Gasteiger partial charge is 0.262 e. The fourth-order valence-corrected chi connectivity index (χ4v) is 3.68. The largest absolute Gasteiger partial charge is 0.483 e. The zero-order valence-electron chi connectivity index (χ0n) is 15.7. The second-order valence-electron chi connectivity index (χ2n) is 6.57. The van der Waals surface area contributed by atoms with Gasteiger partial charge in [-0.05, 0) is 67.1 Å². The topological polar surface area (TPSA) is 64.4 Å². The maximum Gasteiger partial charge on any atom is 0.262 e. The molecule has 1 heterocycles. The molecule has 0 atom stereocenters. The molecule has 8 heteroatoms. The Hall–Kier alpha value is -2.54. The molecule has 0 aliphatic heterocycles. The van der Waals surface area contributed by atoms with E-state index in [1.165, 1.54) is 0 Å². The summed E-state index contributed by atoms with van der Waals surface area (Å²) in [5.74, 6) is 0.723. The Morgan fingerprint density at radius 1 is 1.13 bits per heavy atom. The summed E-state index contributed by atoms with van der Waals surface area (Å²) >= 11 is 15.6. The SMILES string of the molecule is Cc1cc(Cl)ccc1OCC(=O)Nc1ccc2oc(-c3cc(Br)ccc3Cl)nc2c1. The van der Waals surface area contributed by atoms with Gasteiger partial charge >= 0.3 is 0 Å². The highest BCUT2D eigenvalue weighted by atomic mass is 79.9. The molecule has 1 aromatic heterocycles. The van der Waals surface area contributed by atoms with Gasteiger partial charge in [0.05, 0.1) is 10.6 Å². The zero-order chi connectivity index (χ0) is 21.3. The minimum Gasteiger partial charge on any atom is -0.483 e. The quantitative estimate of drug-likeness (QED) is 0.320. The molecule has 0 spiro atoms. The second-order valence-corrected chi connectivity index (χ2v) is 8.33. The van der Waals surface area contributed by atoms with Crippen molar-refractivity contribution in [3.63, 3.8) is 0 Å². The van der Waals surface area contributed by atoms with Crippen molar-refractivity contribution in [2.24, 2.45) is 0 Å². The van der Waals surface area contributed by atoms with Crippen molar-refractivity contribution in [3.05, 3.63) is 74.7 Å². The van der Waals surface area contributed by atoms with Crippen molar-refractivity contribution in [2.75, 3.05) is 11.9 Å². The van der Waals surface area contributed by atoms with Gasteiger partial charge in [-0.2, -0.15) is 0 Å². The van der Waals surface area contributed by atoms with Crippen LogP contribution in [0.1, 0.15) is 5.56 Å². The van der Waals surface area contributed by atoms with E-state index in [2.05, 4.69) is 26.2 Å². The monoisotopic (exact) mass is 504 g/mol. The Morgan fingerprint density at radius 3 is 2.77 bits per heavy atom. The van der Waals surface area contributed by atoms with Gasteiger partial charge < -0.3 is 14.5 Å². The van der Waals surface area contributed by atoms with Crippen LogP contribution in [-0.4, -0.2) is 17.5 Å². The highest BCUT2D eigenvalue weighted by Crippen LogP contribution is 2.33. The van der Waals surface area contributed by atoms with Crippen LogP contribution >= 0.6 is 39.1 Å². The molecule has 152 valence electrons.